The van der Waals surface area contributed by atoms with Crippen LogP contribution in [0.25, 0.3) is 11.3 Å². The van der Waals surface area contributed by atoms with Crippen molar-refractivity contribution in [2.24, 2.45) is 0 Å². The molecule has 1 aromatic carbocycles. The average molecular weight is 240 g/mol. The molecule has 88 valence electrons. The normalized spacial score (nSPS) is 9.72. The topological polar surface area (TPSA) is 67.6 Å². The summed E-state index contributed by atoms with van der Waals surface area (Å²) in [5.41, 5.74) is 6.91. The van der Waals surface area contributed by atoms with Crippen LogP contribution in [-0.4, -0.2) is 9.55 Å². The summed E-state index contributed by atoms with van der Waals surface area (Å²) in [4.78, 5) is 4.12. The Balaban J connectivity index is 2.50. The molecule has 0 radical (unpaired) electrons. The number of nitrogens with zero attached hydrogens (tertiary/aromatic N) is 3. The standard InChI is InChI=1S/C13H9FN4/c1-2-5-18-8-17-12(13(18)16)9-3-4-11(14)10(6-9)7-15/h1,3-4,6,8H,5,16H2. The van der Waals surface area contributed by atoms with E-state index in [9.17, 15) is 4.39 Å². The lowest BCUT2D eigenvalue weighted by molar-refractivity contribution is 0.624. The molecule has 1 heterocycles. The van der Waals surface area contributed by atoms with E-state index in [1.54, 1.807) is 10.6 Å². The largest absolute Gasteiger partial charge is 0.383 e. The molecule has 0 aliphatic heterocycles. The lowest BCUT2D eigenvalue weighted by Crippen LogP contribution is -2.00. The van der Waals surface area contributed by atoms with E-state index >= 15 is 0 Å². The fourth-order valence-corrected chi connectivity index (χ4v) is 1.60. The number of rotatable bonds is 2. The van der Waals surface area contributed by atoms with E-state index in [-0.39, 0.29) is 5.56 Å². The van der Waals surface area contributed by atoms with Gasteiger partial charge in [-0.2, -0.15) is 5.26 Å². The van der Waals surface area contributed by atoms with Crippen molar-refractivity contribution in [2.45, 2.75) is 6.54 Å². The average Bonchev–Trinajstić information content (AvgIpc) is 2.73. The van der Waals surface area contributed by atoms with Crippen molar-refractivity contribution in [3.63, 3.8) is 0 Å². The molecule has 2 N–H and O–H groups in total. The number of nitrogens with two attached hydrogens (primary N) is 1. The molecule has 0 saturated carbocycles. The van der Waals surface area contributed by atoms with E-state index < -0.39 is 5.82 Å². The summed E-state index contributed by atoms with van der Waals surface area (Å²) in [5.74, 6) is 2.28. The van der Waals surface area contributed by atoms with Gasteiger partial charge in [0.1, 0.15) is 23.4 Å². The number of nitriles is 1. The number of imidazole rings is 1. The summed E-state index contributed by atoms with van der Waals surface area (Å²) in [5, 5.41) is 8.78. The van der Waals surface area contributed by atoms with Crippen molar-refractivity contribution >= 4 is 5.82 Å². The second kappa shape index (κ2) is 4.60. The van der Waals surface area contributed by atoms with Crippen LogP contribution in [0.3, 0.4) is 0 Å². The number of hydrogen-bond acceptors (Lipinski definition) is 3. The zero-order valence-corrected chi connectivity index (χ0v) is 9.39. The van der Waals surface area contributed by atoms with Crippen molar-refractivity contribution in [3.05, 3.63) is 35.9 Å². The number of terminal acetylenes is 1. The Kier molecular flexibility index (Phi) is 2.99. The van der Waals surface area contributed by atoms with Gasteiger partial charge in [-0.05, 0) is 18.2 Å². The first-order valence-electron chi connectivity index (χ1n) is 5.11. The van der Waals surface area contributed by atoms with Gasteiger partial charge in [0.25, 0.3) is 0 Å². The Morgan fingerprint density at radius 2 is 2.28 bits per heavy atom. The maximum Gasteiger partial charge on any atom is 0.140 e. The molecule has 0 spiro atoms. The number of aromatic nitrogens is 2. The molecule has 0 saturated heterocycles. The second-order valence-corrected chi connectivity index (χ2v) is 3.62. The Morgan fingerprint density at radius 1 is 1.50 bits per heavy atom. The first-order valence-corrected chi connectivity index (χ1v) is 5.11. The Bertz CT molecular complexity index is 673. The summed E-state index contributed by atoms with van der Waals surface area (Å²) >= 11 is 0. The van der Waals surface area contributed by atoms with E-state index in [1.807, 2.05) is 0 Å². The Hall–Kier alpha value is -2.79. The number of hydrogen-bond donors (Lipinski definition) is 1. The zero-order chi connectivity index (χ0) is 13.1. The second-order valence-electron chi connectivity index (χ2n) is 3.62. The van der Waals surface area contributed by atoms with E-state index in [1.165, 1.54) is 24.5 Å². The quantitative estimate of drug-likeness (QED) is 0.813. The van der Waals surface area contributed by atoms with Crippen molar-refractivity contribution in [1.29, 1.82) is 5.26 Å². The van der Waals surface area contributed by atoms with Crippen LogP contribution in [0.4, 0.5) is 10.2 Å². The Labute approximate surface area is 103 Å². The summed E-state index contributed by atoms with van der Waals surface area (Å²) in [6, 6.07) is 5.92. The molecule has 0 aliphatic rings. The molecule has 0 fully saturated rings. The minimum absolute atomic E-state index is 0.0431. The maximum atomic E-state index is 13.2. The van der Waals surface area contributed by atoms with Crippen LogP contribution in [0.2, 0.25) is 0 Å². The van der Waals surface area contributed by atoms with E-state index in [0.717, 1.165) is 0 Å². The molecule has 4 nitrogen and oxygen atoms in total. The van der Waals surface area contributed by atoms with Crippen molar-refractivity contribution in [2.75, 3.05) is 5.73 Å². The van der Waals surface area contributed by atoms with Crippen LogP contribution < -0.4 is 5.73 Å². The highest BCUT2D eigenvalue weighted by molar-refractivity contribution is 5.71. The monoisotopic (exact) mass is 240 g/mol. The highest BCUT2D eigenvalue weighted by Crippen LogP contribution is 2.25. The van der Waals surface area contributed by atoms with Crippen molar-refractivity contribution < 1.29 is 4.39 Å². The van der Waals surface area contributed by atoms with Gasteiger partial charge in [0.15, 0.2) is 0 Å². The smallest absolute Gasteiger partial charge is 0.140 e. The fourth-order valence-electron chi connectivity index (χ4n) is 1.60. The van der Waals surface area contributed by atoms with Gasteiger partial charge in [0, 0.05) is 5.56 Å². The SMILES string of the molecule is C#CCn1cnc(-c2ccc(F)c(C#N)c2)c1N. The number of anilines is 1. The third-order valence-corrected chi connectivity index (χ3v) is 2.50. The minimum Gasteiger partial charge on any atom is -0.383 e. The first-order chi connectivity index (χ1) is 8.67. The predicted molar refractivity (Wildman–Crippen MR) is 65.6 cm³/mol. The highest BCUT2D eigenvalue weighted by Gasteiger charge is 2.11. The molecule has 0 atom stereocenters. The molecule has 0 unspecified atom stereocenters. The molecule has 0 aliphatic carbocycles. The minimum atomic E-state index is -0.567. The van der Waals surface area contributed by atoms with Gasteiger partial charge in [-0.1, -0.05) is 5.92 Å². The van der Waals surface area contributed by atoms with Gasteiger partial charge < -0.3 is 10.3 Å². The fraction of sp³-hybridized carbons (Fsp3) is 0.0769. The molecular weight excluding hydrogens is 231 g/mol. The van der Waals surface area contributed by atoms with Gasteiger partial charge in [-0.15, -0.1) is 6.42 Å². The molecule has 0 bridgehead atoms. The van der Waals surface area contributed by atoms with Crippen LogP contribution in [0.15, 0.2) is 24.5 Å². The summed E-state index contributed by atoms with van der Waals surface area (Å²) < 4.78 is 14.8. The van der Waals surface area contributed by atoms with Gasteiger partial charge in [-0.3, -0.25) is 0 Å². The number of nitrogen functional groups attached to an aromatic ring is 1. The third-order valence-electron chi connectivity index (χ3n) is 2.50. The summed E-state index contributed by atoms with van der Waals surface area (Å²) in [6.07, 6.45) is 6.71. The van der Waals surface area contributed by atoms with Gasteiger partial charge >= 0.3 is 0 Å². The molecule has 2 aromatic rings. The van der Waals surface area contributed by atoms with Gasteiger partial charge in [0.05, 0.1) is 18.4 Å². The highest BCUT2D eigenvalue weighted by atomic mass is 19.1. The van der Waals surface area contributed by atoms with E-state index in [0.29, 0.717) is 23.6 Å². The Morgan fingerprint density at radius 3 is 2.94 bits per heavy atom. The van der Waals surface area contributed by atoms with E-state index in [4.69, 9.17) is 17.4 Å². The van der Waals surface area contributed by atoms with Crippen LogP contribution in [0, 0.1) is 29.5 Å². The predicted octanol–water partition coefficient (Wildman–Crippen LogP) is 1.78. The van der Waals surface area contributed by atoms with Crippen LogP contribution in [-0.2, 0) is 6.54 Å². The molecular formula is C13H9FN4. The lowest BCUT2D eigenvalue weighted by Gasteiger charge is -2.02. The third kappa shape index (κ3) is 1.90. The van der Waals surface area contributed by atoms with Gasteiger partial charge in [-0.25, -0.2) is 9.37 Å². The first kappa shape index (κ1) is 11.7. The zero-order valence-electron chi connectivity index (χ0n) is 9.39. The molecule has 1 aromatic heterocycles. The van der Waals surface area contributed by atoms with E-state index in [2.05, 4.69) is 10.9 Å². The summed E-state index contributed by atoms with van der Waals surface area (Å²) in [6.45, 7) is 0.311. The van der Waals surface area contributed by atoms with Crippen LogP contribution in [0.1, 0.15) is 5.56 Å². The maximum absolute atomic E-state index is 13.2. The van der Waals surface area contributed by atoms with Crippen molar-refractivity contribution in [3.8, 4) is 29.7 Å². The van der Waals surface area contributed by atoms with Crippen LogP contribution >= 0.6 is 0 Å². The molecule has 2 rings (SSSR count). The molecule has 18 heavy (non-hydrogen) atoms. The molecule has 0 amide bonds. The van der Waals surface area contributed by atoms with Crippen LogP contribution in [0.5, 0.6) is 0 Å². The summed E-state index contributed by atoms with van der Waals surface area (Å²) in [7, 11) is 0. The number of halogens is 1. The molecule has 5 heteroatoms. The number of benzene rings is 1. The van der Waals surface area contributed by atoms with Crippen molar-refractivity contribution in [1.82, 2.24) is 9.55 Å². The lowest BCUT2D eigenvalue weighted by atomic mass is 10.1. The van der Waals surface area contributed by atoms with Gasteiger partial charge in [0.2, 0.25) is 0 Å².